The molecule has 1 aromatic carbocycles. The van der Waals surface area contributed by atoms with Gasteiger partial charge in [0.25, 0.3) is 11.8 Å². The van der Waals surface area contributed by atoms with Crippen molar-refractivity contribution in [3.63, 3.8) is 0 Å². The SMILES string of the molecule is NC(=O)c1ncn2c1[C@@H]1CCCN1C(=O)c1c-2ccc(F)c1F. The quantitative estimate of drug-likeness (QED) is 0.866. The number of hydrogen-bond donors (Lipinski definition) is 1. The highest BCUT2D eigenvalue weighted by molar-refractivity contribution is 6.00. The largest absolute Gasteiger partial charge is 0.364 e. The Hall–Kier alpha value is -2.77. The van der Waals surface area contributed by atoms with Crippen LogP contribution in [0.4, 0.5) is 8.78 Å². The maximum atomic E-state index is 14.3. The number of halogens is 2. The van der Waals surface area contributed by atoms with Gasteiger partial charge in [-0.1, -0.05) is 0 Å². The summed E-state index contributed by atoms with van der Waals surface area (Å²) in [6.45, 7) is 0.405. The number of benzene rings is 1. The number of rotatable bonds is 1. The lowest BCUT2D eigenvalue weighted by atomic mass is 10.1. The van der Waals surface area contributed by atoms with Crippen LogP contribution in [0.15, 0.2) is 18.5 Å². The molecule has 0 radical (unpaired) electrons. The third kappa shape index (κ3) is 1.74. The van der Waals surface area contributed by atoms with Gasteiger partial charge in [0, 0.05) is 6.54 Å². The van der Waals surface area contributed by atoms with Crippen LogP contribution < -0.4 is 5.73 Å². The number of amides is 2. The summed E-state index contributed by atoms with van der Waals surface area (Å²) in [5, 5.41) is 0. The molecular formula is C15H12F2N4O2. The van der Waals surface area contributed by atoms with Gasteiger partial charge in [0.05, 0.1) is 17.4 Å². The second-order valence-corrected chi connectivity index (χ2v) is 5.62. The average molecular weight is 318 g/mol. The molecule has 1 atom stereocenters. The molecule has 2 aliphatic heterocycles. The normalized spacial score (nSPS) is 19.1. The first kappa shape index (κ1) is 13.9. The summed E-state index contributed by atoms with van der Waals surface area (Å²) in [4.78, 5) is 29.8. The van der Waals surface area contributed by atoms with E-state index in [-0.39, 0.29) is 16.9 Å². The van der Waals surface area contributed by atoms with Crippen LogP contribution in [0.25, 0.3) is 5.69 Å². The van der Waals surface area contributed by atoms with Crippen molar-refractivity contribution in [2.45, 2.75) is 18.9 Å². The molecule has 0 saturated carbocycles. The molecule has 2 aromatic rings. The molecule has 1 fully saturated rings. The van der Waals surface area contributed by atoms with Crippen LogP contribution in [0, 0.1) is 11.6 Å². The van der Waals surface area contributed by atoms with Crippen molar-refractivity contribution in [1.29, 1.82) is 0 Å². The molecule has 23 heavy (non-hydrogen) atoms. The van der Waals surface area contributed by atoms with E-state index in [0.717, 1.165) is 6.07 Å². The molecule has 0 unspecified atom stereocenters. The van der Waals surface area contributed by atoms with Crippen molar-refractivity contribution < 1.29 is 18.4 Å². The molecule has 118 valence electrons. The minimum absolute atomic E-state index is 0.0484. The van der Waals surface area contributed by atoms with Crippen LogP contribution in [-0.2, 0) is 0 Å². The van der Waals surface area contributed by atoms with E-state index < -0.39 is 29.5 Å². The predicted octanol–water partition coefficient (Wildman–Crippen LogP) is 1.54. The summed E-state index contributed by atoms with van der Waals surface area (Å²) in [6.07, 6.45) is 2.63. The molecule has 2 aliphatic rings. The summed E-state index contributed by atoms with van der Waals surface area (Å²) in [6, 6.07) is 1.83. The van der Waals surface area contributed by atoms with Gasteiger partial charge in [-0.25, -0.2) is 13.8 Å². The molecule has 0 spiro atoms. The number of primary amides is 1. The molecule has 1 aromatic heterocycles. The van der Waals surface area contributed by atoms with Crippen LogP contribution in [0.1, 0.15) is 45.4 Å². The molecule has 2 amide bonds. The van der Waals surface area contributed by atoms with Crippen molar-refractivity contribution in [2.24, 2.45) is 5.73 Å². The van der Waals surface area contributed by atoms with E-state index in [2.05, 4.69) is 4.98 Å². The highest BCUT2D eigenvalue weighted by Gasteiger charge is 2.41. The molecule has 3 heterocycles. The Balaban J connectivity index is 2.08. The number of hydrogen-bond acceptors (Lipinski definition) is 3. The third-order valence-electron chi connectivity index (χ3n) is 4.41. The van der Waals surface area contributed by atoms with Gasteiger partial charge in [-0.05, 0) is 25.0 Å². The monoisotopic (exact) mass is 318 g/mol. The molecule has 0 aliphatic carbocycles. The summed E-state index contributed by atoms with van der Waals surface area (Å²) in [5.41, 5.74) is 5.69. The minimum atomic E-state index is -1.19. The van der Waals surface area contributed by atoms with E-state index in [1.54, 1.807) is 0 Å². The first-order valence-corrected chi connectivity index (χ1v) is 7.17. The molecule has 1 saturated heterocycles. The third-order valence-corrected chi connectivity index (χ3v) is 4.41. The van der Waals surface area contributed by atoms with Crippen LogP contribution >= 0.6 is 0 Å². The summed E-state index contributed by atoms with van der Waals surface area (Å²) in [7, 11) is 0. The number of nitrogens with zero attached hydrogens (tertiary/aromatic N) is 3. The van der Waals surface area contributed by atoms with E-state index >= 15 is 0 Å². The molecule has 4 rings (SSSR count). The lowest BCUT2D eigenvalue weighted by Gasteiger charge is -2.22. The smallest absolute Gasteiger partial charge is 0.269 e. The Morgan fingerprint density at radius 1 is 1.35 bits per heavy atom. The number of imidazole rings is 1. The fourth-order valence-corrected chi connectivity index (χ4v) is 3.44. The van der Waals surface area contributed by atoms with Gasteiger partial charge in [-0.15, -0.1) is 0 Å². The van der Waals surface area contributed by atoms with E-state index in [1.165, 1.54) is 21.9 Å². The second-order valence-electron chi connectivity index (χ2n) is 5.62. The lowest BCUT2D eigenvalue weighted by Crippen LogP contribution is -2.31. The highest BCUT2D eigenvalue weighted by Crippen LogP contribution is 2.40. The molecule has 0 bridgehead atoms. The van der Waals surface area contributed by atoms with Crippen molar-refractivity contribution in [3.05, 3.63) is 47.0 Å². The van der Waals surface area contributed by atoms with Gasteiger partial charge in [0.2, 0.25) is 0 Å². The Morgan fingerprint density at radius 2 is 2.13 bits per heavy atom. The van der Waals surface area contributed by atoms with Gasteiger partial charge < -0.3 is 10.6 Å². The molecule has 2 N–H and O–H groups in total. The zero-order valence-electron chi connectivity index (χ0n) is 11.9. The number of aromatic nitrogens is 2. The van der Waals surface area contributed by atoms with Gasteiger partial charge in [0.1, 0.15) is 11.9 Å². The number of fused-ring (bicyclic) bond motifs is 5. The topological polar surface area (TPSA) is 81.2 Å². The van der Waals surface area contributed by atoms with Crippen molar-refractivity contribution >= 4 is 11.8 Å². The maximum absolute atomic E-state index is 14.3. The average Bonchev–Trinajstić information content (AvgIpc) is 3.12. The first-order valence-electron chi connectivity index (χ1n) is 7.17. The molecule has 8 heteroatoms. The first-order chi connectivity index (χ1) is 11.0. The van der Waals surface area contributed by atoms with E-state index in [9.17, 15) is 18.4 Å². The predicted molar refractivity (Wildman–Crippen MR) is 75.0 cm³/mol. The Morgan fingerprint density at radius 3 is 2.87 bits per heavy atom. The van der Waals surface area contributed by atoms with Gasteiger partial charge in [-0.2, -0.15) is 0 Å². The second kappa shape index (κ2) is 4.61. The van der Waals surface area contributed by atoms with Crippen molar-refractivity contribution in [3.8, 4) is 5.69 Å². The number of carbonyl (C=O) groups is 2. The maximum Gasteiger partial charge on any atom is 0.269 e. The Kier molecular flexibility index (Phi) is 2.78. The van der Waals surface area contributed by atoms with Crippen LogP contribution in [0.3, 0.4) is 0 Å². The summed E-state index contributed by atoms with van der Waals surface area (Å²) >= 11 is 0. The minimum Gasteiger partial charge on any atom is -0.364 e. The van der Waals surface area contributed by atoms with Crippen LogP contribution in [-0.4, -0.2) is 32.8 Å². The van der Waals surface area contributed by atoms with Crippen molar-refractivity contribution in [1.82, 2.24) is 14.5 Å². The molecular weight excluding hydrogens is 306 g/mol. The fourth-order valence-electron chi connectivity index (χ4n) is 3.44. The summed E-state index contributed by atoms with van der Waals surface area (Å²) < 4.78 is 29.4. The van der Waals surface area contributed by atoms with E-state index in [0.29, 0.717) is 25.1 Å². The standard InChI is InChI=1S/C15H12F2N4O2/c16-7-3-4-8-10(11(7)17)15(23)20-5-1-2-9(20)13-12(14(18)22)19-6-21(8)13/h3-4,6,9H,1-2,5H2,(H2,18,22)/t9-/m0/s1. The van der Waals surface area contributed by atoms with Crippen LogP contribution in [0.5, 0.6) is 0 Å². The lowest BCUT2D eigenvalue weighted by molar-refractivity contribution is 0.0730. The number of carbonyl (C=O) groups excluding carboxylic acids is 2. The highest BCUT2D eigenvalue weighted by atomic mass is 19.2. The van der Waals surface area contributed by atoms with E-state index in [4.69, 9.17) is 5.73 Å². The van der Waals surface area contributed by atoms with Gasteiger partial charge in [-0.3, -0.25) is 14.2 Å². The van der Waals surface area contributed by atoms with Gasteiger partial charge >= 0.3 is 0 Å². The molecule has 6 nitrogen and oxygen atoms in total. The zero-order chi connectivity index (χ0) is 16.3. The Labute approximate surface area is 129 Å². The van der Waals surface area contributed by atoms with Gasteiger partial charge in [0.15, 0.2) is 17.3 Å². The number of nitrogens with two attached hydrogens (primary N) is 1. The van der Waals surface area contributed by atoms with Crippen LogP contribution in [0.2, 0.25) is 0 Å². The zero-order valence-corrected chi connectivity index (χ0v) is 11.9. The summed E-state index contributed by atoms with van der Waals surface area (Å²) in [5.74, 6) is -3.59. The fraction of sp³-hybridized carbons (Fsp3) is 0.267. The Bertz CT molecular complexity index is 861. The van der Waals surface area contributed by atoms with Crippen molar-refractivity contribution in [2.75, 3.05) is 6.54 Å². The van der Waals surface area contributed by atoms with E-state index in [1.807, 2.05) is 0 Å².